The second kappa shape index (κ2) is 14.0. The van der Waals surface area contributed by atoms with Crippen molar-refractivity contribution in [2.45, 2.75) is 0 Å². The predicted octanol–water partition coefficient (Wildman–Crippen LogP) is 14.6. The number of furan rings is 1. The Morgan fingerprint density at radius 2 is 0.889 bits per heavy atom. The summed E-state index contributed by atoms with van der Waals surface area (Å²) >= 11 is 0. The molecule has 0 saturated carbocycles. The van der Waals surface area contributed by atoms with Crippen LogP contribution in [-0.2, 0) is 0 Å². The molecule has 4 heterocycles. The van der Waals surface area contributed by atoms with Crippen molar-refractivity contribution in [3.8, 4) is 56.7 Å². The zero-order valence-corrected chi connectivity index (χ0v) is 33.9. The van der Waals surface area contributed by atoms with E-state index in [0.717, 1.165) is 77.3 Å². The van der Waals surface area contributed by atoms with Crippen molar-refractivity contribution in [1.82, 2.24) is 24.1 Å². The average molecular weight is 806 g/mol. The van der Waals surface area contributed by atoms with Crippen LogP contribution in [0.5, 0.6) is 0 Å². The minimum Gasteiger partial charge on any atom is -0.455 e. The van der Waals surface area contributed by atoms with E-state index in [9.17, 15) is 0 Å². The van der Waals surface area contributed by atoms with E-state index in [4.69, 9.17) is 19.4 Å². The van der Waals surface area contributed by atoms with Crippen molar-refractivity contribution < 1.29 is 4.42 Å². The summed E-state index contributed by atoms with van der Waals surface area (Å²) in [6.45, 7) is 0. The minimum absolute atomic E-state index is 0.597. The highest BCUT2D eigenvalue weighted by atomic mass is 16.3. The molecule has 13 rings (SSSR count). The molecule has 0 radical (unpaired) electrons. The summed E-state index contributed by atoms with van der Waals surface area (Å²) in [7, 11) is 0. The largest absolute Gasteiger partial charge is 0.455 e. The van der Waals surface area contributed by atoms with Crippen LogP contribution in [0, 0.1) is 0 Å². The number of hydrogen-bond acceptors (Lipinski definition) is 4. The molecule has 4 aromatic heterocycles. The lowest BCUT2D eigenvalue weighted by molar-refractivity contribution is 0.673. The maximum atomic E-state index is 7.00. The molecule has 0 spiro atoms. The van der Waals surface area contributed by atoms with Gasteiger partial charge < -0.3 is 13.6 Å². The van der Waals surface area contributed by atoms with Crippen LogP contribution in [-0.4, -0.2) is 24.1 Å². The van der Waals surface area contributed by atoms with Crippen molar-refractivity contribution >= 4 is 65.6 Å². The molecule has 0 fully saturated rings. The van der Waals surface area contributed by atoms with Crippen LogP contribution < -0.4 is 0 Å². The topological polar surface area (TPSA) is 61.7 Å². The fraction of sp³-hybridized carbons (Fsp3) is 0. The molecule has 0 unspecified atom stereocenters. The van der Waals surface area contributed by atoms with Crippen LogP contribution in [0.1, 0.15) is 0 Å². The average Bonchev–Trinajstić information content (AvgIpc) is 4.02. The van der Waals surface area contributed by atoms with Gasteiger partial charge in [0.15, 0.2) is 17.5 Å². The molecule has 63 heavy (non-hydrogen) atoms. The summed E-state index contributed by atoms with van der Waals surface area (Å²) in [6.07, 6.45) is 0. The maximum absolute atomic E-state index is 7.00. The molecule has 9 aromatic carbocycles. The Kier molecular flexibility index (Phi) is 7.80. The Morgan fingerprint density at radius 1 is 0.333 bits per heavy atom. The number of benzene rings is 9. The summed E-state index contributed by atoms with van der Waals surface area (Å²) in [5, 5.41) is 6.64. The zero-order valence-electron chi connectivity index (χ0n) is 33.9. The Bertz CT molecular complexity index is 3830. The first-order valence-corrected chi connectivity index (χ1v) is 21.2. The van der Waals surface area contributed by atoms with Crippen LogP contribution in [0.4, 0.5) is 0 Å². The Labute approximate surface area is 361 Å². The van der Waals surface area contributed by atoms with Crippen molar-refractivity contribution in [2.24, 2.45) is 0 Å². The molecular formula is C57H35N5O. The first-order chi connectivity index (χ1) is 31.3. The van der Waals surface area contributed by atoms with E-state index < -0.39 is 0 Å². The van der Waals surface area contributed by atoms with Crippen molar-refractivity contribution in [2.75, 3.05) is 0 Å². The third kappa shape index (κ3) is 5.48. The Morgan fingerprint density at radius 3 is 1.60 bits per heavy atom. The van der Waals surface area contributed by atoms with Gasteiger partial charge in [0.25, 0.3) is 0 Å². The van der Waals surface area contributed by atoms with Crippen molar-refractivity contribution in [1.29, 1.82) is 0 Å². The standard InChI is InChI=1S/C57H35N5O/c1-5-17-36(18-6-1)41-26-15-27-43-42-25-13-14-30-48(42)62(52(41)43)40-31-34-50-47(35-40)44-32-33-49-51(54(44)63-50)45-28-16-29-46(53(45)61(49)39-23-11-4-12-24-39)57-59-55(37-19-7-2-8-20-37)58-56(60-57)38-21-9-3-10-22-38/h1-35H. The van der Waals surface area contributed by atoms with E-state index in [-0.39, 0.29) is 0 Å². The second-order valence-electron chi connectivity index (χ2n) is 16.0. The highest BCUT2D eigenvalue weighted by Crippen LogP contribution is 2.45. The molecule has 0 aliphatic carbocycles. The number of fused-ring (bicyclic) bond motifs is 10. The highest BCUT2D eigenvalue weighted by Gasteiger charge is 2.24. The quantitative estimate of drug-likeness (QED) is 0.168. The second-order valence-corrected chi connectivity index (χ2v) is 16.0. The molecule has 0 amide bonds. The van der Waals surface area contributed by atoms with Gasteiger partial charge in [0.1, 0.15) is 11.2 Å². The van der Waals surface area contributed by atoms with E-state index in [1.807, 2.05) is 60.7 Å². The van der Waals surface area contributed by atoms with Gasteiger partial charge in [0.05, 0.1) is 27.5 Å². The van der Waals surface area contributed by atoms with E-state index in [1.54, 1.807) is 0 Å². The fourth-order valence-corrected chi connectivity index (χ4v) is 9.60. The summed E-state index contributed by atoms with van der Waals surface area (Å²) in [4.78, 5) is 15.4. The van der Waals surface area contributed by atoms with Crippen molar-refractivity contribution in [3.63, 3.8) is 0 Å². The smallest absolute Gasteiger partial charge is 0.166 e. The van der Waals surface area contributed by atoms with E-state index in [1.165, 1.54) is 27.4 Å². The van der Waals surface area contributed by atoms with E-state index >= 15 is 0 Å². The van der Waals surface area contributed by atoms with Gasteiger partial charge in [0.2, 0.25) is 0 Å². The van der Waals surface area contributed by atoms with Gasteiger partial charge in [-0.25, -0.2) is 15.0 Å². The molecule has 0 aliphatic rings. The molecule has 0 aliphatic heterocycles. The number of hydrogen-bond donors (Lipinski definition) is 0. The minimum atomic E-state index is 0.597. The van der Waals surface area contributed by atoms with Crippen LogP contribution in [0.3, 0.4) is 0 Å². The molecule has 294 valence electrons. The van der Waals surface area contributed by atoms with Crippen molar-refractivity contribution in [3.05, 3.63) is 212 Å². The lowest BCUT2D eigenvalue weighted by Gasteiger charge is -2.12. The van der Waals surface area contributed by atoms with Gasteiger partial charge in [-0.2, -0.15) is 0 Å². The molecule has 0 N–H and O–H groups in total. The van der Waals surface area contributed by atoms with Gasteiger partial charge in [0, 0.05) is 60.6 Å². The lowest BCUT2D eigenvalue weighted by atomic mass is 10.0. The van der Waals surface area contributed by atoms with Crippen LogP contribution in [0.2, 0.25) is 0 Å². The van der Waals surface area contributed by atoms with Gasteiger partial charge in [-0.15, -0.1) is 0 Å². The number of nitrogens with zero attached hydrogens (tertiary/aromatic N) is 5. The summed E-state index contributed by atoms with van der Waals surface area (Å²) in [5.74, 6) is 1.83. The van der Waals surface area contributed by atoms with Gasteiger partial charge in [-0.3, -0.25) is 0 Å². The van der Waals surface area contributed by atoms with Gasteiger partial charge in [-0.1, -0.05) is 158 Å². The number of para-hydroxylation sites is 4. The summed E-state index contributed by atoms with van der Waals surface area (Å²) < 4.78 is 11.7. The maximum Gasteiger partial charge on any atom is 0.166 e. The predicted molar refractivity (Wildman–Crippen MR) is 258 cm³/mol. The van der Waals surface area contributed by atoms with Crippen LogP contribution >= 0.6 is 0 Å². The highest BCUT2D eigenvalue weighted by molar-refractivity contribution is 6.25. The molecule has 0 bridgehead atoms. The van der Waals surface area contributed by atoms with Gasteiger partial charge >= 0.3 is 0 Å². The van der Waals surface area contributed by atoms with E-state index in [0.29, 0.717) is 17.5 Å². The summed E-state index contributed by atoms with van der Waals surface area (Å²) in [6, 6.07) is 74.3. The molecule has 13 aromatic rings. The third-order valence-corrected chi connectivity index (χ3v) is 12.4. The first-order valence-electron chi connectivity index (χ1n) is 21.2. The Hall–Kier alpha value is -8.61. The number of rotatable bonds is 6. The van der Waals surface area contributed by atoms with Crippen LogP contribution in [0.15, 0.2) is 217 Å². The monoisotopic (exact) mass is 805 g/mol. The summed E-state index contributed by atoms with van der Waals surface area (Å²) in [5.41, 5.74) is 13.3. The van der Waals surface area contributed by atoms with Gasteiger partial charge in [-0.05, 0) is 60.2 Å². The molecule has 0 saturated heterocycles. The zero-order chi connectivity index (χ0) is 41.4. The fourth-order valence-electron chi connectivity index (χ4n) is 9.60. The number of aromatic nitrogens is 5. The molecule has 6 nitrogen and oxygen atoms in total. The normalized spacial score (nSPS) is 11.8. The molecule has 6 heteroatoms. The molecular weight excluding hydrogens is 771 g/mol. The SMILES string of the molecule is c1ccc(-c2nc(-c3ccccc3)nc(-c3cccc4c5c6oc7ccc(-n8c9ccccc9c9cccc(-c%10ccccc%10)c98)cc7c6ccc5n(-c5ccccc5)c34)n2)cc1. The Balaban J connectivity index is 1.08. The lowest BCUT2D eigenvalue weighted by Crippen LogP contribution is -2.02. The third-order valence-electron chi connectivity index (χ3n) is 12.4. The van der Waals surface area contributed by atoms with E-state index in [2.05, 4.69) is 161 Å². The van der Waals surface area contributed by atoms with Crippen LogP contribution in [0.25, 0.3) is 122 Å². The molecule has 0 atom stereocenters. The first kappa shape index (κ1) is 35.2.